The lowest BCUT2D eigenvalue weighted by Gasteiger charge is -2.07. The van der Waals surface area contributed by atoms with E-state index in [2.05, 4.69) is 16.2 Å². The molecule has 0 bridgehead atoms. The molecule has 0 aliphatic carbocycles. The Morgan fingerprint density at radius 2 is 2.24 bits per heavy atom. The largest absolute Gasteiger partial charge is 0.368 e. The highest BCUT2D eigenvalue weighted by Gasteiger charge is 2.16. The first-order valence-corrected chi connectivity index (χ1v) is 4.93. The van der Waals surface area contributed by atoms with Gasteiger partial charge in [-0.3, -0.25) is 10.1 Å². The number of hydrogen-bond acceptors (Lipinski definition) is 4. The van der Waals surface area contributed by atoms with Gasteiger partial charge >= 0.3 is 5.69 Å². The molecule has 0 aliphatic heterocycles. The van der Waals surface area contributed by atoms with Gasteiger partial charge in [-0.05, 0) is 6.07 Å². The van der Waals surface area contributed by atoms with Crippen molar-refractivity contribution in [2.45, 2.75) is 0 Å². The molecule has 84 valence electrons. The Hall–Kier alpha value is -2.61. The summed E-state index contributed by atoms with van der Waals surface area (Å²) in [5.74, 6) is 2.39. The summed E-state index contributed by atoms with van der Waals surface area (Å²) in [4.78, 5) is 14.5. The van der Waals surface area contributed by atoms with Crippen molar-refractivity contribution in [2.75, 3.05) is 11.9 Å². The van der Waals surface area contributed by atoms with Gasteiger partial charge in [0.2, 0.25) is 0 Å². The standard InChI is InChI=1S/C12H9N3O2/c1-2-7-13-12-9-5-3-4-6-10(9)14-8-11(12)15(16)17/h1,3-6,8H,7H2,(H,13,14). The molecule has 1 N–H and O–H groups in total. The zero-order valence-corrected chi connectivity index (χ0v) is 8.88. The summed E-state index contributed by atoms with van der Waals surface area (Å²) in [7, 11) is 0. The van der Waals surface area contributed by atoms with E-state index in [0.29, 0.717) is 16.6 Å². The van der Waals surface area contributed by atoms with Gasteiger partial charge in [0.05, 0.1) is 17.0 Å². The van der Waals surface area contributed by atoms with Crippen molar-refractivity contribution in [1.29, 1.82) is 0 Å². The van der Waals surface area contributed by atoms with Crippen LogP contribution in [-0.2, 0) is 0 Å². The van der Waals surface area contributed by atoms with Gasteiger partial charge < -0.3 is 5.32 Å². The maximum absolute atomic E-state index is 10.9. The minimum atomic E-state index is -0.474. The van der Waals surface area contributed by atoms with E-state index in [1.807, 2.05) is 6.07 Å². The third-order valence-corrected chi connectivity index (χ3v) is 2.32. The van der Waals surface area contributed by atoms with Gasteiger partial charge in [-0.25, -0.2) is 4.98 Å². The second-order valence-electron chi connectivity index (χ2n) is 3.35. The van der Waals surface area contributed by atoms with E-state index >= 15 is 0 Å². The minimum Gasteiger partial charge on any atom is -0.368 e. The number of aromatic nitrogens is 1. The molecule has 0 unspecified atom stereocenters. The first-order chi connectivity index (χ1) is 8.24. The Kier molecular flexibility index (Phi) is 2.88. The van der Waals surface area contributed by atoms with Crippen LogP contribution in [0.1, 0.15) is 0 Å². The Morgan fingerprint density at radius 1 is 1.47 bits per heavy atom. The van der Waals surface area contributed by atoms with Crippen LogP contribution in [0.25, 0.3) is 10.9 Å². The van der Waals surface area contributed by atoms with Crippen molar-refractivity contribution in [2.24, 2.45) is 0 Å². The van der Waals surface area contributed by atoms with Crippen LogP contribution in [0.3, 0.4) is 0 Å². The van der Waals surface area contributed by atoms with Crippen LogP contribution in [0.2, 0.25) is 0 Å². The fourth-order valence-corrected chi connectivity index (χ4v) is 1.59. The molecule has 0 amide bonds. The molecule has 2 aromatic rings. The van der Waals surface area contributed by atoms with Crippen LogP contribution in [0, 0.1) is 22.5 Å². The lowest BCUT2D eigenvalue weighted by atomic mass is 10.1. The van der Waals surface area contributed by atoms with Crippen molar-refractivity contribution >= 4 is 22.3 Å². The van der Waals surface area contributed by atoms with E-state index in [9.17, 15) is 10.1 Å². The molecule has 5 nitrogen and oxygen atoms in total. The number of para-hydroxylation sites is 1. The van der Waals surface area contributed by atoms with E-state index in [4.69, 9.17) is 6.42 Å². The number of nitro groups is 1. The molecular formula is C12H9N3O2. The maximum Gasteiger partial charge on any atom is 0.311 e. The number of pyridine rings is 1. The first kappa shape index (κ1) is 10.9. The molecule has 0 radical (unpaired) electrons. The third-order valence-electron chi connectivity index (χ3n) is 2.32. The number of anilines is 1. The highest BCUT2D eigenvalue weighted by Crippen LogP contribution is 2.30. The van der Waals surface area contributed by atoms with E-state index in [1.54, 1.807) is 18.2 Å². The molecule has 0 aliphatic rings. The van der Waals surface area contributed by atoms with E-state index in [-0.39, 0.29) is 12.2 Å². The highest BCUT2D eigenvalue weighted by atomic mass is 16.6. The van der Waals surface area contributed by atoms with Crippen LogP contribution in [-0.4, -0.2) is 16.5 Å². The third kappa shape index (κ3) is 2.01. The summed E-state index contributed by atoms with van der Waals surface area (Å²) in [6, 6.07) is 7.19. The normalized spacial score (nSPS) is 9.82. The van der Waals surface area contributed by atoms with Crippen LogP contribution in [0.5, 0.6) is 0 Å². The number of terminal acetylenes is 1. The number of fused-ring (bicyclic) bond motifs is 1. The Morgan fingerprint density at radius 3 is 2.94 bits per heavy atom. The topological polar surface area (TPSA) is 68.1 Å². The number of nitrogens with zero attached hydrogens (tertiary/aromatic N) is 2. The maximum atomic E-state index is 10.9. The van der Waals surface area contributed by atoms with Gasteiger partial charge in [-0.15, -0.1) is 6.42 Å². The Bertz CT molecular complexity index is 617. The van der Waals surface area contributed by atoms with Crippen molar-refractivity contribution < 1.29 is 4.92 Å². The number of rotatable bonds is 3. The molecule has 0 fully saturated rings. The van der Waals surface area contributed by atoms with Crippen LogP contribution in [0.15, 0.2) is 30.5 Å². The van der Waals surface area contributed by atoms with Crippen molar-refractivity contribution in [3.05, 3.63) is 40.6 Å². The van der Waals surface area contributed by atoms with Gasteiger partial charge in [0, 0.05) is 5.39 Å². The summed E-state index contributed by atoms with van der Waals surface area (Å²) in [5.41, 5.74) is 1.04. The average Bonchev–Trinajstić information content (AvgIpc) is 2.35. The number of nitrogens with one attached hydrogen (secondary N) is 1. The van der Waals surface area contributed by atoms with Gasteiger partial charge in [-0.2, -0.15) is 0 Å². The second-order valence-corrected chi connectivity index (χ2v) is 3.35. The predicted octanol–water partition coefficient (Wildman–Crippen LogP) is 2.19. The molecule has 0 spiro atoms. The summed E-state index contributed by atoms with van der Waals surface area (Å²) in [6.45, 7) is 0.231. The van der Waals surface area contributed by atoms with Crippen molar-refractivity contribution in [3.8, 4) is 12.3 Å². The zero-order valence-electron chi connectivity index (χ0n) is 8.88. The summed E-state index contributed by atoms with van der Waals surface area (Å²) in [5, 5.41) is 14.5. The smallest absolute Gasteiger partial charge is 0.311 e. The van der Waals surface area contributed by atoms with Gasteiger partial charge in [-0.1, -0.05) is 24.1 Å². The fourth-order valence-electron chi connectivity index (χ4n) is 1.59. The molecule has 0 atom stereocenters. The molecule has 0 saturated heterocycles. The van der Waals surface area contributed by atoms with Crippen molar-refractivity contribution in [3.63, 3.8) is 0 Å². The Balaban J connectivity index is 2.66. The Labute approximate surface area is 97.6 Å². The molecule has 17 heavy (non-hydrogen) atoms. The summed E-state index contributed by atoms with van der Waals surface area (Å²) in [6.07, 6.45) is 6.39. The van der Waals surface area contributed by atoms with E-state index < -0.39 is 4.92 Å². The van der Waals surface area contributed by atoms with Crippen LogP contribution in [0.4, 0.5) is 11.4 Å². The van der Waals surface area contributed by atoms with Crippen LogP contribution >= 0.6 is 0 Å². The first-order valence-electron chi connectivity index (χ1n) is 4.93. The molecule has 1 aromatic carbocycles. The lowest BCUT2D eigenvalue weighted by Crippen LogP contribution is -2.03. The zero-order chi connectivity index (χ0) is 12.3. The minimum absolute atomic E-state index is 0.0704. The van der Waals surface area contributed by atoms with E-state index in [1.165, 1.54) is 6.20 Å². The van der Waals surface area contributed by atoms with Gasteiger partial charge in [0.1, 0.15) is 11.9 Å². The predicted molar refractivity (Wildman–Crippen MR) is 65.7 cm³/mol. The van der Waals surface area contributed by atoms with Crippen LogP contribution < -0.4 is 5.32 Å². The fraction of sp³-hybridized carbons (Fsp3) is 0.0833. The van der Waals surface area contributed by atoms with Gasteiger partial charge in [0.25, 0.3) is 0 Å². The number of hydrogen-bond donors (Lipinski definition) is 1. The second kappa shape index (κ2) is 4.49. The SMILES string of the molecule is C#CCNc1c([N+](=O)[O-])cnc2ccccc12. The van der Waals surface area contributed by atoms with Crippen molar-refractivity contribution in [1.82, 2.24) is 4.98 Å². The molecule has 0 saturated carbocycles. The monoisotopic (exact) mass is 227 g/mol. The molecule has 5 heteroatoms. The quantitative estimate of drug-likeness (QED) is 0.495. The molecular weight excluding hydrogens is 218 g/mol. The highest BCUT2D eigenvalue weighted by molar-refractivity contribution is 5.95. The lowest BCUT2D eigenvalue weighted by molar-refractivity contribution is -0.384. The number of benzene rings is 1. The molecule has 1 aromatic heterocycles. The molecule has 2 rings (SSSR count). The molecule has 1 heterocycles. The van der Waals surface area contributed by atoms with Gasteiger partial charge in [0.15, 0.2) is 0 Å². The summed E-state index contributed by atoms with van der Waals surface area (Å²) < 4.78 is 0. The van der Waals surface area contributed by atoms with E-state index in [0.717, 1.165) is 0 Å². The average molecular weight is 227 g/mol. The summed E-state index contributed by atoms with van der Waals surface area (Å²) >= 11 is 0.